The molecule has 1 aromatic rings. The number of halogens is 3. The van der Waals surface area contributed by atoms with E-state index < -0.39 is 23.8 Å². The van der Waals surface area contributed by atoms with Crippen molar-refractivity contribution in [3.05, 3.63) is 35.4 Å². The molecule has 0 unspecified atom stereocenters. The highest BCUT2D eigenvalue weighted by Crippen LogP contribution is 2.30. The van der Waals surface area contributed by atoms with E-state index in [4.69, 9.17) is 0 Å². The number of carbonyl (C=O) groups excluding carboxylic acids is 2. The van der Waals surface area contributed by atoms with Gasteiger partial charge in [-0.2, -0.15) is 13.2 Å². The minimum Gasteiger partial charge on any atom is -0.462 e. The molecule has 5 nitrogen and oxygen atoms in total. The molecule has 116 valence electrons. The van der Waals surface area contributed by atoms with Gasteiger partial charge in [-0.05, 0) is 25.5 Å². The maximum absolute atomic E-state index is 12.9. The second-order valence-corrected chi connectivity index (χ2v) is 4.20. The van der Waals surface area contributed by atoms with Crippen LogP contribution in [-0.2, 0) is 9.53 Å². The molecule has 1 rings (SSSR count). The Kier molecular flexibility index (Phi) is 4.95. The maximum Gasteiger partial charge on any atom is 0.448 e. The maximum atomic E-state index is 12.9. The van der Waals surface area contributed by atoms with Gasteiger partial charge < -0.3 is 15.2 Å². The molecular formula is C13H14F3NO4. The van der Waals surface area contributed by atoms with E-state index in [2.05, 4.69) is 4.74 Å². The van der Waals surface area contributed by atoms with Crippen LogP contribution in [0.1, 0.15) is 22.8 Å². The Morgan fingerprint density at radius 3 is 2.33 bits per heavy atom. The summed E-state index contributed by atoms with van der Waals surface area (Å²) in [6, 6.07) is 5.81. The predicted octanol–water partition coefficient (Wildman–Crippen LogP) is 1.54. The summed E-state index contributed by atoms with van der Waals surface area (Å²) in [5, 5.41) is 10.8. The Hall–Kier alpha value is -2.09. The SMILES string of the molecule is CCOC(=O)[C@](O)(NC(=O)c1ccccc1C)C(F)(F)F. The number of carbonyl (C=O) groups is 2. The Balaban J connectivity index is 3.11. The topological polar surface area (TPSA) is 75.6 Å². The number of hydrogen-bond donors (Lipinski definition) is 2. The van der Waals surface area contributed by atoms with Crippen molar-refractivity contribution in [1.82, 2.24) is 5.32 Å². The fourth-order valence-corrected chi connectivity index (χ4v) is 1.53. The van der Waals surface area contributed by atoms with Crippen LogP contribution in [0.4, 0.5) is 13.2 Å². The van der Waals surface area contributed by atoms with Crippen LogP contribution in [0.5, 0.6) is 0 Å². The molecule has 1 atom stereocenters. The van der Waals surface area contributed by atoms with Gasteiger partial charge in [-0.25, -0.2) is 4.79 Å². The van der Waals surface area contributed by atoms with E-state index in [1.807, 2.05) is 0 Å². The zero-order chi connectivity index (χ0) is 16.3. The van der Waals surface area contributed by atoms with Crippen molar-refractivity contribution in [3.8, 4) is 0 Å². The van der Waals surface area contributed by atoms with Crippen LogP contribution in [0.2, 0.25) is 0 Å². The van der Waals surface area contributed by atoms with Crippen LogP contribution in [0.15, 0.2) is 24.3 Å². The number of hydrogen-bond acceptors (Lipinski definition) is 4. The zero-order valence-electron chi connectivity index (χ0n) is 11.3. The van der Waals surface area contributed by atoms with E-state index in [1.54, 1.807) is 6.07 Å². The number of benzene rings is 1. The van der Waals surface area contributed by atoms with Gasteiger partial charge in [0, 0.05) is 5.56 Å². The average molecular weight is 305 g/mol. The molecule has 0 aromatic heterocycles. The highest BCUT2D eigenvalue weighted by Gasteiger charge is 2.62. The molecule has 0 aliphatic rings. The van der Waals surface area contributed by atoms with Gasteiger partial charge in [0.25, 0.3) is 5.91 Å². The molecule has 21 heavy (non-hydrogen) atoms. The monoisotopic (exact) mass is 305 g/mol. The molecule has 0 saturated heterocycles. The molecule has 1 amide bonds. The molecule has 1 aromatic carbocycles. The van der Waals surface area contributed by atoms with Gasteiger partial charge in [0.05, 0.1) is 6.61 Å². The molecule has 0 bridgehead atoms. The van der Waals surface area contributed by atoms with E-state index in [0.717, 1.165) is 0 Å². The van der Waals surface area contributed by atoms with Gasteiger partial charge in [-0.1, -0.05) is 18.2 Å². The standard InChI is InChI=1S/C13H14F3NO4/c1-3-21-11(19)12(20,13(14,15)16)17-10(18)9-7-5-4-6-8(9)2/h4-7,20H,3H2,1-2H3,(H,17,18)/t12-/m1/s1. The molecule has 0 aliphatic carbocycles. The highest BCUT2D eigenvalue weighted by molar-refractivity contribution is 5.98. The lowest BCUT2D eigenvalue weighted by Gasteiger charge is -2.28. The first-order chi connectivity index (χ1) is 9.63. The Morgan fingerprint density at radius 2 is 1.86 bits per heavy atom. The van der Waals surface area contributed by atoms with Gasteiger partial charge in [-0.15, -0.1) is 0 Å². The second kappa shape index (κ2) is 6.13. The normalized spacial score (nSPS) is 14.2. The summed E-state index contributed by atoms with van der Waals surface area (Å²) in [7, 11) is 0. The fraction of sp³-hybridized carbons (Fsp3) is 0.385. The number of rotatable bonds is 4. The Bertz CT molecular complexity index is 544. The third-order valence-corrected chi connectivity index (χ3v) is 2.67. The minimum atomic E-state index is -5.42. The molecule has 0 radical (unpaired) electrons. The van der Waals surface area contributed by atoms with E-state index >= 15 is 0 Å². The van der Waals surface area contributed by atoms with Crippen LogP contribution in [0, 0.1) is 6.92 Å². The zero-order valence-corrected chi connectivity index (χ0v) is 11.3. The van der Waals surface area contributed by atoms with Gasteiger partial charge in [0.2, 0.25) is 0 Å². The summed E-state index contributed by atoms with van der Waals surface area (Å²) in [6.07, 6.45) is -5.42. The first-order valence-electron chi connectivity index (χ1n) is 5.98. The fourth-order valence-electron chi connectivity index (χ4n) is 1.53. The van der Waals surface area contributed by atoms with Gasteiger partial charge >= 0.3 is 17.9 Å². The lowest BCUT2D eigenvalue weighted by Crippen LogP contribution is -2.64. The molecule has 0 fully saturated rings. The van der Waals surface area contributed by atoms with Gasteiger partial charge in [0.1, 0.15) is 0 Å². The Morgan fingerprint density at radius 1 is 1.29 bits per heavy atom. The Labute approximate surface area is 118 Å². The smallest absolute Gasteiger partial charge is 0.448 e. The number of esters is 1. The molecule has 2 N–H and O–H groups in total. The molecule has 0 aliphatic heterocycles. The lowest BCUT2D eigenvalue weighted by atomic mass is 10.1. The van der Waals surface area contributed by atoms with E-state index in [9.17, 15) is 27.9 Å². The van der Waals surface area contributed by atoms with E-state index in [1.165, 1.54) is 37.4 Å². The van der Waals surface area contributed by atoms with Crippen molar-refractivity contribution in [1.29, 1.82) is 0 Å². The van der Waals surface area contributed by atoms with Crippen LogP contribution in [0.25, 0.3) is 0 Å². The first kappa shape index (κ1) is 17.0. The summed E-state index contributed by atoms with van der Waals surface area (Å²) in [4.78, 5) is 23.2. The van der Waals surface area contributed by atoms with Gasteiger partial charge in [0.15, 0.2) is 0 Å². The molecule has 0 spiro atoms. The molecule has 0 saturated carbocycles. The number of amides is 1. The lowest BCUT2D eigenvalue weighted by molar-refractivity contribution is -0.269. The largest absolute Gasteiger partial charge is 0.462 e. The van der Waals surface area contributed by atoms with Crippen molar-refractivity contribution in [2.45, 2.75) is 25.7 Å². The second-order valence-electron chi connectivity index (χ2n) is 4.20. The van der Waals surface area contributed by atoms with Crippen molar-refractivity contribution >= 4 is 11.9 Å². The number of nitrogens with one attached hydrogen (secondary N) is 1. The molecular weight excluding hydrogens is 291 g/mol. The molecule has 0 heterocycles. The number of alkyl halides is 3. The van der Waals surface area contributed by atoms with Crippen molar-refractivity contribution in [2.24, 2.45) is 0 Å². The molecule has 8 heteroatoms. The number of ether oxygens (including phenoxy) is 1. The minimum absolute atomic E-state index is 0.0931. The summed E-state index contributed by atoms with van der Waals surface area (Å²) in [5.74, 6) is -3.22. The third-order valence-electron chi connectivity index (χ3n) is 2.67. The number of aliphatic hydroxyl groups is 1. The summed E-state index contributed by atoms with van der Waals surface area (Å²) in [6.45, 7) is 2.40. The number of aryl methyl sites for hydroxylation is 1. The van der Waals surface area contributed by atoms with Crippen molar-refractivity contribution in [2.75, 3.05) is 6.61 Å². The van der Waals surface area contributed by atoms with Crippen molar-refractivity contribution < 1.29 is 32.6 Å². The van der Waals surface area contributed by atoms with Crippen molar-refractivity contribution in [3.63, 3.8) is 0 Å². The summed E-state index contributed by atoms with van der Waals surface area (Å²) >= 11 is 0. The summed E-state index contributed by atoms with van der Waals surface area (Å²) in [5.41, 5.74) is -3.80. The average Bonchev–Trinajstić information content (AvgIpc) is 2.37. The van der Waals surface area contributed by atoms with E-state index in [0.29, 0.717) is 5.56 Å². The van der Waals surface area contributed by atoms with Crippen LogP contribution < -0.4 is 5.32 Å². The third kappa shape index (κ3) is 3.52. The van der Waals surface area contributed by atoms with Gasteiger partial charge in [-0.3, -0.25) is 4.79 Å². The van der Waals surface area contributed by atoms with E-state index in [-0.39, 0.29) is 12.2 Å². The summed E-state index contributed by atoms with van der Waals surface area (Å²) < 4.78 is 42.8. The van der Waals surface area contributed by atoms with Crippen LogP contribution in [0.3, 0.4) is 0 Å². The van der Waals surface area contributed by atoms with Crippen LogP contribution >= 0.6 is 0 Å². The first-order valence-corrected chi connectivity index (χ1v) is 5.98. The quantitative estimate of drug-likeness (QED) is 0.653. The predicted molar refractivity (Wildman–Crippen MR) is 66.3 cm³/mol. The highest BCUT2D eigenvalue weighted by atomic mass is 19.4. The van der Waals surface area contributed by atoms with Crippen LogP contribution in [-0.4, -0.2) is 35.5 Å².